The van der Waals surface area contributed by atoms with E-state index in [2.05, 4.69) is 37.5 Å². The molecular formula is C23H26N2O3. The maximum Gasteiger partial charge on any atom is 0.251 e. The van der Waals surface area contributed by atoms with Crippen molar-refractivity contribution in [2.24, 2.45) is 0 Å². The van der Waals surface area contributed by atoms with Crippen molar-refractivity contribution in [2.75, 3.05) is 13.1 Å². The summed E-state index contributed by atoms with van der Waals surface area (Å²) in [5.41, 5.74) is 4.75. The zero-order valence-electron chi connectivity index (χ0n) is 16.5. The van der Waals surface area contributed by atoms with Gasteiger partial charge in [-0.1, -0.05) is 32.0 Å². The molecule has 1 aromatic heterocycles. The second kappa shape index (κ2) is 8.74. The van der Waals surface area contributed by atoms with Crippen molar-refractivity contribution in [1.82, 2.24) is 10.6 Å². The third kappa shape index (κ3) is 4.60. The van der Waals surface area contributed by atoms with Crippen LogP contribution >= 0.6 is 0 Å². The van der Waals surface area contributed by atoms with Crippen molar-refractivity contribution >= 4 is 22.8 Å². The summed E-state index contributed by atoms with van der Waals surface area (Å²) in [6, 6.07) is 13.2. The fourth-order valence-corrected chi connectivity index (χ4v) is 3.31. The Morgan fingerprint density at radius 1 is 1.04 bits per heavy atom. The van der Waals surface area contributed by atoms with Gasteiger partial charge in [-0.25, -0.2) is 0 Å². The number of benzene rings is 2. The number of hydrogen-bond acceptors (Lipinski definition) is 3. The fourth-order valence-electron chi connectivity index (χ4n) is 3.31. The van der Waals surface area contributed by atoms with Crippen LogP contribution in [0.1, 0.15) is 46.8 Å². The first-order valence-electron chi connectivity index (χ1n) is 9.56. The Morgan fingerprint density at radius 3 is 2.46 bits per heavy atom. The van der Waals surface area contributed by atoms with Gasteiger partial charge in [0.25, 0.3) is 5.91 Å². The molecule has 28 heavy (non-hydrogen) atoms. The molecule has 5 nitrogen and oxygen atoms in total. The van der Waals surface area contributed by atoms with Gasteiger partial charge in [0, 0.05) is 29.6 Å². The van der Waals surface area contributed by atoms with Gasteiger partial charge in [0.2, 0.25) is 5.91 Å². The summed E-state index contributed by atoms with van der Waals surface area (Å²) in [5.74, 6) is 0.171. The van der Waals surface area contributed by atoms with Crippen LogP contribution in [0.25, 0.3) is 11.0 Å². The molecule has 3 rings (SSSR count). The highest BCUT2D eigenvalue weighted by Gasteiger charge is 2.14. The predicted molar refractivity (Wildman–Crippen MR) is 111 cm³/mol. The quantitative estimate of drug-likeness (QED) is 0.612. The van der Waals surface area contributed by atoms with Gasteiger partial charge in [0.05, 0.1) is 12.7 Å². The molecule has 0 aliphatic heterocycles. The highest BCUT2D eigenvalue weighted by molar-refractivity contribution is 5.94. The molecule has 0 atom stereocenters. The SMILES string of the molecule is Cc1cc2occ(CC(=O)NCCNC(=O)c3ccccc3)c2cc1C(C)C. The summed E-state index contributed by atoms with van der Waals surface area (Å²) in [7, 11) is 0. The molecule has 0 aliphatic carbocycles. The molecule has 0 aliphatic rings. The van der Waals surface area contributed by atoms with Crippen LogP contribution in [0.15, 0.2) is 53.1 Å². The maximum atomic E-state index is 12.3. The van der Waals surface area contributed by atoms with Crippen LogP contribution in [-0.2, 0) is 11.2 Å². The fraction of sp³-hybridized carbons (Fsp3) is 0.304. The van der Waals surface area contributed by atoms with Gasteiger partial charge in [-0.2, -0.15) is 0 Å². The van der Waals surface area contributed by atoms with E-state index in [1.807, 2.05) is 24.3 Å². The number of carbonyl (C=O) groups is 2. The largest absolute Gasteiger partial charge is 0.464 e. The Hall–Kier alpha value is -3.08. The lowest BCUT2D eigenvalue weighted by atomic mass is 9.95. The summed E-state index contributed by atoms with van der Waals surface area (Å²) >= 11 is 0. The van der Waals surface area contributed by atoms with Crippen LogP contribution in [-0.4, -0.2) is 24.9 Å². The smallest absolute Gasteiger partial charge is 0.251 e. The Kier molecular flexibility index (Phi) is 6.14. The van der Waals surface area contributed by atoms with Gasteiger partial charge < -0.3 is 15.1 Å². The van der Waals surface area contributed by atoms with Gasteiger partial charge in [0.1, 0.15) is 5.58 Å². The summed E-state index contributed by atoms with van der Waals surface area (Å²) in [6.45, 7) is 7.15. The van der Waals surface area contributed by atoms with E-state index in [9.17, 15) is 9.59 Å². The number of furan rings is 1. The zero-order valence-corrected chi connectivity index (χ0v) is 16.5. The number of fused-ring (bicyclic) bond motifs is 1. The average molecular weight is 378 g/mol. The van der Waals surface area contributed by atoms with Gasteiger partial charge in [-0.05, 0) is 48.2 Å². The predicted octanol–water partition coefficient (Wildman–Crippen LogP) is 3.95. The lowest BCUT2D eigenvalue weighted by Gasteiger charge is -2.10. The van der Waals surface area contributed by atoms with Crippen molar-refractivity contribution in [2.45, 2.75) is 33.1 Å². The van der Waals surface area contributed by atoms with Crippen molar-refractivity contribution in [1.29, 1.82) is 0 Å². The average Bonchev–Trinajstić information content (AvgIpc) is 3.06. The molecule has 146 valence electrons. The minimum Gasteiger partial charge on any atom is -0.464 e. The molecule has 0 bridgehead atoms. The van der Waals surface area contributed by atoms with Crippen LogP contribution in [0.2, 0.25) is 0 Å². The molecule has 2 N–H and O–H groups in total. The van der Waals surface area contributed by atoms with E-state index in [-0.39, 0.29) is 18.2 Å². The molecule has 2 aromatic carbocycles. The molecule has 0 fully saturated rings. The van der Waals surface area contributed by atoms with E-state index in [0.717, 1.165) is 16.5 Å². The Balaban J connectivity index is 1.54. The van der Waals surface area contributed by atoms with Crippen molar-refractivity contribution in [3.05, 3.63) is 71.0 Å². The van der Waals surface area contributed by atoms with E-state index in [0.29, 0.717) is 24.6 Å². The standard InChI is InChI=1S/C23H26N2O3/c1-15(2)19-13-20-18(14-28-21(20)11-16(19)3)12-22(26)24-9-10-25-23(27)17-7-5-4-6-8-17/h4-8,11,13-15H,9-10,12H2,1-3H3,(H,24,26)(H,25,27). The summed E-state index contributed by atoms with van der Waals surface area (Å²) in [4.78, 5) is 24.3. The minimum absolute atomic E-state index is 0.0941. The monoisotopic (exact) mass is 378 g/mol. The first-order valence-corrected chi connectivity index (χ1v) is 9.56. The zero-order chi connectivity index (χ0) is 20.1. The number of rotatable bonds is 7. The van der Waals surface area contributed by atoms with Gasteiger partial charge in [-0.3, -0.25) is 9.59 Å². The normalized spacial score (nSPS) is 11.0. The van der Waals surface area contributed by atoms with Crippen LogP contribution in [0.3, 0.4) is 0 Å². The lowest BCUT2D eigenvalue weighted by molar-refractivity contribution is -0.120. The van der Waals surface area contributed by atoms with E-state index in [1.165, 1.54) is 11.1 Å². The Labute approximate surface area is 165 Å². The number of nitrogens with one attached hydrogen (secondary N) is 2. The number of carbonyl (C=O) groups excluding carboxylic acids is 2. The van der Waals surface area contributed by atoms with Crippen LogP contribution < -0.4 is 10.6 Å². The van der Waals surface area contributed by atoms with Crippen LogP contribution in [0, 0.1) is 6.92 Å². The van der Waals surface area contributed by atoms with Crippen LogP contribution in [0.4, 0.5) is 0 Å². The molecule has 0 saturated carbocycles. The third-order valence-electron chi connectivity index (χ3n) is 4.78. The topological polar surface area (TPSA) is 71.3 Å². The van der Waals surface area contributed by atoms with E-state index in [1.54, 1.807) is 18.4 Å². The number of amides is 2. The minimum atomic E-state index is -0.146. The van der Waals surface area contributed by atoms with Crippen molar-refractivity contribution in [3.8, 4) is 0 Å². The Morgan fingerprint density at radius 2 is 1.75 bits per heavy atom. The summed E-state index contributed by atoms with van der Waals surface area (Å²) < 4.78 is 5.63. The molecule has 0 radical (unpaired) electrons. The first kappa shape index (κ1) is 19.7. The second-order valence-corrected chi connectivity index (χ2v) is 7.27. The van der Waals surface area contributed by atoms with E-state index >= 15 is 0 Å². The van der Waals surface area contributed by atoms with Gasteiger partial charge >= 0.3 is 0 Å². The molecular weight excluding hydrogens is 352 g/mol. The van der Waals surface area contributed by atoms with Crippen molar-refractivity contribution < 1.29 is 14.0 Å². The first-order chi connectivity index (χ1) is 13.5. The highest BCUT2D eigenvalue weighted by Crippen LogP contribution is 2.29. The summed E-state index contributed by atoms with van der Waals surface area (Å²) in [5, 5.41) is 6.63. The number of hydrogen-bond donors (Lipinski definition) is 2. The molecule has 5 heteroatoms. The molecule has 0 saturated heterocycles. The molecule has 2 amide bonds. The molecule has 3 aromatic rings. The van der Waals surface area contributed by atoms with Crippen molar-refractivity contribution in [3.63, 3.8) is 0 Å². The third-order valence-corrected chi connectivity index (χ3v) is 4.78. The lowest BCUT2D eigenvalue weighted by Crippen LogP contribution is -2.35. The second-order valence-electron chi connectivity index (χ2n) is 7.27. The summed E-state index contributed by atoms with van der Waals surface area (Å²) in [6.07, 6.45) is 1.91. The van der Waals surface area contributed by atoms with E-state index < -0.39 is 0 Å². The highest BCUT2D eigenvalue weighted by atomic mass is 16.3. The van der Waals surface area contributed by atoms with E-state index in [4.69, 9.17) is 4.42 Å². The van der Waals surface area contributed by atoms with Gasteiger partial charge in [-0.15, -0.1) is 0 Å². The molecule has 0 spiro atoms. The Bertz CT molecular complexity index is 974. The van der Waals surface area contributed by atoms with Crippen LogP contribution in [0.5, 0.6) is 0 Å². The molecule has 0 unspecified atom stereocenters. The molecule has 1 heterocycles. The van der Waals surface area contributed by atoms with Gasteiger partial charge in [0.15, 0.2) is 0 Å². The maximum absolute atomic E-state index is 12.3. The number of aryl methyl sites for hydroxylation is 1.